The van der Waals surface area contributed by atoms with Crippen LogP contribution in [-0.2, 0) is 4.74 Å². The molecule has 1 aliphatic heterocycles. The Hall–Kier alpha value is -3.92. The molecule has 3 aromatic rings. The topological polar surface area (TPSA) is 116 Å². The Morgan fingerprint density at radius 1 is 1.12 bits per heavy atom. The molecule has 1 aromatic heterocycles. The van der Waals surface area contributed by atoms with E-state index in [0.717, 1.165) is 0 Å². The third kappa shape index (κ3) is 5.29. The fourth-order valence-corrected chi connectivity index (χ4v) is 3.63. The van der Waals surface area contributed by atoms with Crippen molar-refractivity contribution in [3.63, 3.8) is 0 Å². The number of halogens is 2. The molecule has 2 aromatic carbocycles. The summed E-state index contributed by atoms with van der Waals surface area (Å²) in [4.78, 5) is 37.9. The highest BCUT2D eigenvalue weighted by Crippen LogP contribution is 2.26. The molecule has 3 N–H and O–H groups in total. The molecule has 11 heteroatoms. The van der Waals surface area contributed by atoms with Gasteiger partial charge in [0.25, 0.3) is 11.5 Å². The molecule has 0 spiro atoms. The van der Waals surface area contributed by atoms with Gasteiger partial charge in [0.2, 0.25) is 0 Å². The third-order valence-corrected chi connectivity index (χ3v) is 5.41. The van der Waals surface area contributed by atoms with Crippen molar-refractivity contribution in [1.29, 1.82) is 0 Å². The van der Waals surface area contributed by atoms with Crippen molar-refractivity contribution in [2.75, 3.05) is 28.6 Å². The van der Waals surface area contributed by atoms with Gasteiger partial charge in [-0.25, -0.2) is 14.3 Å². The number of carbonyl (C=O) groups is 2. The van der Waals surface area contributed by atoms with Crippen LogP contribution in [0, 0.1) is 5.82 Å². The Labute approximate surface area is 192 Å². The zero-order chi connectivity index (χ0) is 23.4. The van der Waals surface area contributed by atoms with E-state index in [1.54, 1.807) is 30.3 Å². The number of amides is 2. The molecule has 170 valence electrons. The number of rotatable bonds is 5. The number of benzene rings is 2. The van der Waals surface area contributed by atoms with Crippen LogP contribution in [0.25, 0.3) is 0 Å². The quantitative estimate of drug-likeness (QED) is 0.523. The van der Waals surface area contributed by atoms with Gasteiger partial charge in [0.05, 0.1) is 24.0 Å². The fourth-order valence-electron chi connectivity index (χ4n) is 3.42. The smallest absolute Gasteiger partial charge is 0.411 e. The first-order valence-electron chi connectivity index (χ1n) is 10.0. The molecule has 33 heavy (non-hydrogen) atoms. The van der Waals surface area contributed by atoms with Gasteiger partial charge in [-0.15, -0.1) is 0 Å². The highest BCUT2D eigenvalue weighted by Gasteiger charge is 2.28. The van der Waals surface area contributed by atoms with E-state index in [2.05, 4.69) is 20.8 Å². The maximum atomic E-state index is 13.7. The van der Waals surface area contributed by atoms with Crippen molar-refractivity contribution in [3.05, 3.63) is 81.5 Å². The van der Waals surface area contributed by atoms with Gasteiger partial charge in [-0.2, -0.15) is 5.10 Å². The van der Waals surface area contributed by atoms with E-state index in [9.17, 15) is 18.8 Å². The zero-order valence-corrected chi connectivity index (χ0v) is 17.9. The molecular weight excluding hydrogens is 453 g/mol. The standard InChI is InChI=1S/C22H19ClFN5O4/c23-19-18(11-25-28-21(19)31)29-10-9-15(12-29)33-22(32)27-14-7-5-13(6-8-14)26-20(30)16-3-1-2-4-17(16)24/h1-8,11,15H,9-10,12H2,(H,26,30)(H,27,32)(H,28,31)/t15-/m1/s1. The summed E-state index contributed by atoms with van der Waals surface area (Å²) in [6, 6.07) is 12.0. The molecule has 0 unspecified atom stereocenters. The summed E-state index contributed by atoms with van der Waals surface area (Å²) >= 11 is 6.03. The summed E-state index contributed by atoms with van der Waals surface area (Å²) < 4.78 is 19.2. The number of hydrogen-bond acceptors (Lipinski definition) is 6. The Morgan fingerprint density at radius 3 is 2.55 bits per heavy atom. The molecule has 9 nitrogen and oxygen atoms in total. The van der Waals surface area contributed by atoms with Gasteiger partial charge in [0.15, 0.2) is 0 Å². The second-order valence-electron chi connectivity index (χ2n) is 7.30. The second-order valence-corrected chi connectivity index (χ2v) is 7.67. The number of anilines is 3. The molecule has 1 atom stereocenters. The number of nitrogens with one attached hydrogen (secondary N) is 3. The highest BCUT2D eigenvalue weighted by molar-refractivity contribution is 6.33. The fraction of sp³-hybridized carbons (Fsp3) is 0.182. The lowest BCUT2D eigenvalue weighted by molar-refractivity contribution is 0.102. The summed E-state index contributed by atoms with van der Waals surface area (Å²) in [7, 11) is 0. The van der Waals surface area contributed by atoms with Crippen LogP contribution in [-0.4, -0.2) is 41.4 Å². The number of aromatic amines is 1. The van der Waals surface area contributed by atoms with Crippen LogP contribution in [0.5, 0.6) is 0 Å². The Bertz CT molecular complexity index is 1230. The minimum Gasteiger partial charge on any atom is -0.444 e. The number of carbonyl (C=O) groups excluding carboxylic acids is 2. The van der Waals surface area contributed by atoms with Crippen molar-refractivity contribution in [2.24, 2.45) is 0 Å². The van der Waals surface area contributed by atoms with Crippen LogP contribution in [0.1, 0.15) is 16.8 Å². The molecule has 2 amide bonds. The van der Waals surface area contributed by atoms with E-state index in [1.165, 1.54) is 24.4 Å². The van der Waals surface area contributed by atoms with Crippen LogP contribution in [0.15, 0.2) is 59.5 Å². The van der Waals surface area contributed by atoms with Crippen molar-refractivity contribution in [2.45, 2.75) is 12.5 Å². The summed E-state index contributed by atoms with van der Waals surface area (Å²) in [5.74, 6) is -1.19. The van der Waals surface area contributed by atoms with E-state index in [0.29, 0.717) is 36.6 Å². The number of H-pyrrole nitrogens is 1. The van der Waals surface area contributed by atoms with Gasteiger partial charge in [0.1, 0.15) is 16.9 Å². The first kappa shape index (κ1) is 22.3. The molecule has 0 radical (unpaired) electrons. The molecule has 0 aliphatic carbocycles. The van der Waals surface area contributed by atoms with Gasteiger partial charge in [0, 0.05) is 24.3 Å². The van der Waals surface area contributed by atoms with Gasteiger partial charge in [-0.05, 0) is 36.4 Å². The van der Waals surface area contributed by atoms with Crippen LogP contribution in [0.4, 0.5) is 26.2 Å². The van der Waals surface area contributed by atoms with Gasteiger partial charge < -0.3 is 15.0 Å². The van der Waals surface area contributed by atoms with E-state index in [4.69, 9.17) is 16.3 Å². The Kier molecular flexibility index (Phi) is 6.55. The molecule has 4 rings (SSSR count). The monoisotopic (exact) mass is 471 g/mol. The van der Waals surface area contributed by atoms with Crippen LogP contribution >= 0.6 is 11.6 Å². The molecule has 1 aliphatic rings. The summed E-state index contributed by atoms with van der Waals surface area (Å²) in [5.41, 5.74) is 0.841. The number of aromatic nitrogens is 2. The van der Waals surface area contributed by atoms with Gasteiger partial charge in [-0.3, -0.25) is 14.9 Å². The first-order valence-corrected chi connectivity index (χ1v) is 10.4. The summed E-state index contributed by atoms with van der Waals surface area (Å²) in [6.45, 7) is 0.929. The van der Waals surface area contributed by atoms with Gasteiger partial charge >= 0.3 is 6.09 Å². The SMILES string of the molecule is O=C(Nc1ccc(NC(=O)c2ccccc2F)cc1)O[C@@H]1CCN(c2cn[nH]c(=O)c2Cl)C1. The van der Waals surface area contributed by atoms with E-state index < -0.39 is 23.4 Å². The Balaban J connectivity index is 1.29. The number of nitrogens with zero attached hydrogens (tertiary/aromatic N) is 2. The second kappa shape index (κ2) is 9.70. The zero-order valence-electron chi connectivity index (χ0n) is 17.2. The lowest BCUT2D eigenvalue weighted by Gasteiger charge is -2.18. The van der Waals surface area contributed by atoms with Crippen LogP contribution < -0.4 is 21.1 Å². The lowest BCUT2D eigenvalue weighted by atomic mass is 10.2. The van der Waals surface area contributed by atoms with Crippen molar-refractivity contribution in [1.82, 2.24) is 10.2 Å². The normalized spacial score (nSPS) is 15.2. The molecule has 0 saturated carbocycles. The third-order valence-electron chi connectivity index (χ3n) is 5.04. The van der Waals surface area contributed by atoms with Crippen molar-refractivity contribution >= 4 is 40.7 Å². The average molecular weight is 472 g/mol. The predicted octanol–water partition coefficient (Wildman–Crippen LogP) is 3.64. The minimum atomic E-state index is -0.639. The first-order chi connectivity index (χ1) is 15.9. The number of hydrogen-bond donors (Lipinski definition) is 3. The lowest BCUT2D eigenvalue weighted by Crippen LogP contribution is -2.28. The average Bonchev–Trinajstić information content (AvgIpc) is 3.25. The number of ether oxygens (including phenoxy) is 1. The molecule has 2 heterocycles. The van der Waals surface area contributed by atoms with E-state index >= 15 is 0 Å². The predicted molar refractivity (Wildman–Crippen MR) is 121 cm³/mol. The maximum absolute atomic E-state index is 13.7. The summed E-state index contributed by atoms with van der Waals surface area (Å²) in [5, 5.41) is 11.3. The highest BCUT2D eigenvalue weighted by atomic mass is 35.5. The molecule has 1 fully saturated rings. The Morgan fingerprint density at radius 2 is 1.82 bits per heavy atom. The van der Waals surface area contributed by atoms with Crippen molar-refractivity contribution < 1.29 is 18.7 Å². The van der Waals surface area contributed by atoms with Crippen LogP contribution in [0.2, 0.25) is 5.02 Å². The minimum absolute atomic E-state index is 0.0392. The van der Waals surface area contributed by atoms with Gasteiger partial charge in [-0.1, -0.05) is 23.7 Å². The maximum Gasteiger partial charge on any atom is 0.411 e. The summed E-state index contributed by atoms with van der Waals surface area (Å²) in [6.07, 6.45) is 0.996. The molecular formula is C22H19ClFN5O4. The van der Waals surface area contributed by atoms with E-state index in [1.807, 2.05) is 4.90 Å². The molecule has 0 bridgehead atoms. The van der Waals surface area contributed by atoms with E-state index in [-0.39, 0.29) is 16.7 Å². The largest absolute Gasteiger partial charge is 0.444 e. The molecule has 1 saturated heterocycles. The van der Waals surface area contributed by atoms with Crippen LogP contribution in [0.3, 0.4) is 0 Å². The van der Waals surface area contributed by atoms with Crippen molar-refractivity contribution in [3.8, 4) is 0 Å².